The predicted octanol–water partition coefficient (Wildman–Crippen LogP) is 3.89. The second-order valence-electron chi connectivity index (χ2n) is 4.19. The lowest BCUT2D eigenvalue weighted by atomic mass is 10.2. The molecule has 0 aliphatic carbocycles. The molecule has 0 aliphatic rings. The lowest BCUT2D eigenvalue weighted by molar-refractivity contribution is 0.414. The fourth-order valence-corrected chi connectivity index (χ4v) is 2.19. The van der Waals surface area contributed by atoms with Crippen LogP contribution in [0.3, 0.4) is 0 Å². The van der Waals surface area contributed by atoms with E-state index in [0.29, 0.717) is 13.1 Å². The summed E-state index contributed by atoms with van der Waals surface area (Å²) in [5.74, 6) is 0.618. The summed E-state index contributed by atoms with van der Waals surface area (Å²) in [5.41, 5.74) is 2.04. The maximum absolute atomic E-state index is 13.1. The van der Waals surface area contributed by atoms with E-state index in [-0.39, 0.29) is 5.82 Å². The average Bonchev–Trinajstić information content (AvgIpc) is 2.43. The van der Waals surface area contributed by atoms with Crippen LogP contribution in [0.2, 0.25) is 0 Å². The highest BCUT2D eigenvalue weighted by atomic mass is 79.9. The van der Waals surface area contributed by atoms with Crippen molar-refractivity contribution in [3.63, 3.8) is 0 Å². The van der Waals surface area contributed by atoms with Gasteiger partial charge in [-0.2, -0.15) is 0 Å². The molecule has 0 radical (unpaired) electrons. The van der Waals surface area contributed by atoms with Crippen LogP contribution in [0.4, 0.5) is 4.39 Å². The van der Waals surface area contributed by atoms with E-state index in [1.165, 1.54) is 12.1 Å². The van der Waals surface area contributed by atoms with Gasteiger partial charge in [-0.25, -0.2) is 4.39 Å². The lowest BCUT2D eigenvalue weighted by Gasteiger charge is -2.08. The largest absolute Gasteiger partial charge is 0.497 e. The van der Waals surface area contributed by atoms with E-state index >= 15 is 0 Å². The van der Waals surface area contributed by atoms with Crippen LogP contribution in [0, 0.1) is 5.82 Å². The summed E-state index contributed by atoms with van der Waals surface area (Å²) in [6, 6.07) is 12.6. The molecule has 0 spiro atoms. The number of nitrogens with one attached hydrogen (secondary N) is 1. The molecule has 2 aromatic carbocycles. The summed E-state index contributed by atoms with van der Waals surface area (Å²) in [4.78, 5) is 0. The van der Waals surface area contributed by atoms with Gasteiger partial charge in [-0.1, -0.05) is 28.1 Å². The Morgan fingerprint density at radius 3 is 2.79 bits per heavy atom. The van der Waals surface area contributed by atoms with Crippen LogP contribution in [-0.2, 0) is 13.1 Å². The van der Waals surface area contributed by atoms with Crippen LogP contribution < -0.4 is 10.1 Å². The van der Waals surface area contributed by atoms with E-state index in [4.69, 9.17) is 4.74 Å². The van der Waals surface area contributed by atoms with Gasteiger partial charge >= 0.3 is 0 Å². The Balaban J connectivity index is 1.94. The van der Waals surface area contributed by atoms with Crippen molar-refractivity contribution in [3.8, 4) is 5.75 Å². The van der Waals surface area contributed by atoms with Crippen molar-refractivity contribution in [1.82, 2.24) is 5.32 Å². The minimum atomic E-state index is -0.221. The molecule has 2 aromatic rings. The van der Waals surface area contributed by atoms with Crippen molar-refractivity contribution in [2.24, 2.45) is 0 Å². The molecule has 0 bridgehead atoms. The summed E-state index contributed by atoms with van der Waals surface area (Å²) < 4.78 is 19.2. The maximum Gasteiger partial charge on any atom is 0.123 e. The molecule has 2 nitrogen and oxygen atoms in total. The fraction of sp³-hybridized carbons (Fsp3) is 0.200. The van der Waals surface area contributed by atoms with Gasteiger partial charge in [0, 0.05) is 17.6 Å². The predicted molar refractivity (Wildman–Crippen MR) is 77.6 cm³/mol. The molecule has 2 rings (SSSR count). The van der Waals surface area contributed by atoms with Crippen molar-refractivity contribution >= 4 is 15.9 Å². The molecular weight excluding hydrogens is 309 g/mol. The number of hydrogen-bond donors (Lipinski definition) is 1. The first kappa shape index (κ1) is 14.0. The SMILES string of the molecule is COc1cccc(CNCc2cc(F)ccc2Br)c1. The van der Waals surface area contributed by atoms with E-state index in [9.17, 15) is 4.39 Å². The first-order chi connectivity index (χ1) is 9.19. The third-order valence-electron chi connectivity index (χ3n) is 2.79. The summed E-state index contributed by atoms with van der Waals surface area (Å²) in [6.07, 6.45) is 0. The van der Waals surface area contributed by atoms with Crippen LogP contribution in [0.5, 0.6) is 5.75 Å². The smallest absolute Gasteiger partial charge is 0.123 e. The number of methoxy groups -OCH3 is 1. The highest BCUT2D eigenvalue weighted by Gasteiger charge is 2.02. The van der Waals surface area contributed by atoms with Crippen molar-refractivity contribution in [1.29, 1.82) is 0 Å². The minimum Gasteiger partial charge on any atom is -0.497 e. The zero-order valence-corrected chi connectivity index (χ0v) is 12.2. The Hall–Kier alpha value is -1.39. The van der Waals surface area contributed by atoms with Crippen molar-refractivity contribution in [2.45, 2.75) is 13.1 Å². The van der Waals surface area contributed by atoms with Crippen LogP contribution in [0.15, 0.2) is 46.9 Å². The molecule has 1 N–H and O–H groups in total. The Bertz CT molecular complexity index is 560. The number of benzene rings is 2. The van der Waals surface area contributed by atoms with Gasteiger partial charge in [-0.15, -0.1) is 0 Å². The highest BCUT2D eigenvalue weighted by Crippen LogP contribution is 2.18. The summed E-state index contributed by atoms with van der Waals surface area (Å²) in [6.45, 7) is 1.32. The first-order valence-corrected chi connectivity index (χ1v) is 6.76. The molecule has 0 fully saturated rings. The van der Waals surface area contributed by atoms with Crippen LogP contribution in [0.25, 0.3) is 0 Å². The van der Waals surface area contributed by atoms with E-state index in [1.807, 2.05) is 24.3 Å². The second-order valence-corrected chi connectivity index (χ2v) is 5.05. The van der Waals surface area contributed by atoms with Gasteiger partial charge in [-0.05, 0) is 41.5 Å². The molecule has 0 saturated heterocycles. The number of hydrogen-bond acceptors (Lipinski definition) is 2. The molecule has 0 heterocycles. The topological polar surface area (TPSA) is 21.3 Å². The van der Waals surface area contributed by atoms with Gasteiger partial charge in [0.15, 0.2) is 0 Å². The monoisotopic (exact) mass is 323 g/mol. The molecule has 0 saturated carbocycles. The van der Waals surface area contributed by atoms with Gasteiger partial charge in [-0.3, -0.25) is 0 Å². The van der Waals surface area contributed by atoms with Gasteiger partial charge < -0.3 is 10.1 Å². The van der Waals surface area contributed by atoms with E-state index < -0.39 is 0 Å². The van der Waals surface area contributed by atoms with E-state index in [0.717, 1.165) is 21.3 Å². The standard InChI is InChI=1S/C15H15BrFNO/c1-19-14-4-2-3-11(7-14)9-18-10-12-8-13(17)5-6-15(12)16/h2-8,18H,9-10H2,1H3. The minimum absolute atomic E-state index is 0.221. The molecule has 0 amide bonds. The third kappa shape index (κ3) is 4.04. The number of rotatable bonds is 5. The van der Waals surface area contributed by atoms with E-state index in [2.05, 4.69) is 21.2 Å². The Kier molecular flexibility index (Phi) is 4.93. The molecule has 0 atom stereocenters. The molecule has 0 aliphatic heterocycles. The van der Waals surface area contributed by atoms with Crippen LogP contribution >= 0.6 is 15.9 Å². The molecule has 100 valence electrons. The molecular formula is C15H15BrFNO. The first-order valence-electron chi connectivity index (χ1n) is 5.96. The zero-order valence-electron chi connectivity index (χ0n) is 10.6. The van der Waals surface area contributed by atoms with Gasteiger partial charge in [0.1, 0.15) is 11.6 Å². The van der Waals surface area contributed by atoms with Crippen LogP contribution in [-0.4, -0.2) is 7.11 Å². The Labute approximate surface area is 120 Å². The lowest BCUT2D eigenvalue weighted by Crippen LogP contribution is -2.13. The molecule has 19 heavy (non-hydrogen) atoms. The average molecular weight is 324 g/mol. The zero-order chi connectivity index (χ0) is 13.7. The number of ether oxygens (including phenoxy) is 1. The summed E-state index contributed by atoms with van der Waals surface area (Å²) in [5, 5.41) is 3.29. The van der Waals surface area contributed by atoms with Crippen molar-refractivity contribution < 1.29 is 9.13 Å². The Morgan fingerprint density at radius 2 is 2.00 bits per heavy atom. The highest BCUT2D eigenvalue weighted by molar-refractivity contribution is 9.10. The van der Waals surface area contributed by atoms with Gasteiger partial charge in [0.05, 0.1) is 7.11 Å². The molecule has 4 heteroatoms. The van der Waals surface area contributed by atoms with Gasteiger partial charge in [0.2, 0.25) is 0 Å². The summed E-state index contributed by atoms with van der Waals surface area (Å²) in [7, 11) is 1.65. The quantitative estimate of drug-likeness (QED) is 0.901. The normalized spacial score (nSPS) is 10.5. The molecule has 0 unspecified atom stereocenters. The summed E-state index contributed by atoms with van der Waals surface area (Å²) >= 11 is 3.41. The number of halogens is 2. The third-order valence-corrected chi connectivity index (χ3v) is 3.56. The van der Waals surface area contributed by atoms with Crippen LogP contribution in [0.1, 0.15) is 11.1 Å². The fourth-order valence-electron chi connectivity index (χ4n) is 1.80. The molecule has 0 aromatic heterocycles. The van der Waals surface area contributed by atoms with Crippen molar-refractivity contribution in [2.75, 3.05) is 7.11 Å². The second kappa shape index (κ2) is 6.68. The van der Waals surface area contributed by atoms with Gasteiger partial charge in [0.25, 0.3) is 0 Å². The van der Waals surface area contributed by atoms with E-state index in [1.54, 1.807) is 13.2 Å². The maximum atomic E-state index is 13.1. The Morgan fingerprint density at radius 1 is 1.16 bits per heavy atom. The van der Waals surface area contributed by atoms with Crippen molar-refractivity contribution in [3.05, 3.63) is 63.9 Å².